The van der Waals surface area contributed by atoms with Gasteiger partial charge in [0.2, 0.25) is 11.8 Å². The van der Waals surface area contributed by atoms with Crippen molar-refractivity contribution in [3.05, 3.63) is 0 Å². The number of piperidine rings is 1. The minimum absolute atomic E-state index is 0.0130. The Hall–Kier alpha value is -1.59. The van der Waals surface area contributed by atoms with Gasteiger partial charge in [-0.25, -0.2) is 0 Å². The Labute approximate surface area is 124 Å². The molecule has 3 fully saturated rings. The number of carboxylic acids is 1. The SMILES string of the molecule is O=C(O)CC1CN(C(=O)C2CCN(C(=O)C3CC3)CC2)C1. The molecule has 6 nitrogen and oxygen atoms in total. The lowest BCUT2D eigenvalue weighted by Gasteiger charge is -2.42. The number of hydrogen-bond donors (Lipinski definition) is 1. The van der Waals surface area contributed by atoms with Gasteiger partial charge in [-0.1, -0.05) is 0 Å². The second kappa shape index (κ2) is 5.66. The van der Waals surface area contributed by atoms with Crippen LogP contribution in [0, 0.1) is 17.8 Å². The molecule has 2 heterocycles. The van der Waals surface area contributed by atoms with E-state index in [4.69, 9.17) is 5.11 Å². The zero-order valence-electron chi connectivity index (χ0n) is 12.2. The van der Waals surface area contributed by atoms with Crippen molar-refractivity contribution < 1.29 is 19.5 Å². The first-order valence-electron chi connectivity index (χ1n) is 7.84. The largest absolute Gasteiger partial charge is 0.481 e. The van der Waals surface area contributed by atoms with Crippen LogP contribution in [0.15, 0.2) is 0 Å². The van der Waals surface area contributed by atoms with Gasteiger partial charge >= 0.3 is 5.97 Å². The Morgan fingerprint density at radius 2 is 1.38 bits per heavy atom. The molecular weight excluding hydrogens is 272 g/mol. The first-order chi connectivity index (χ1) is 10.0. The van der Waals surface area contributed by atoms with Crippen molar-refractivity contribution in [3.63, 3.8) is 0 Å². The molecule has 1 N–H and O–H groups in total. The highest BCUT2D eigenvalue weighted by Crippen LogP contribution is 2.33. The molecule has 2 saturated heterocycles. The van der Waals surface area contributed by atoms with Crippen LogP contribution in [0.25, 0.3) is 0 Å². The van der Waals surface area contributed by atoms with Crippen LogP contribution in [0.1, 0.15) is 32.1 Å². The zero-order chi connectivity index (χ0) is 15.0. The highest BCUT2D eigenvalue weighted by atomic mass is 16.4. The lowest BCUT2D eigenvalue weighted by molar-refractivity contribution is -0.149. The van der Waals surface area contributed by atoms with Crippen LogP contribution in [0.5, 0.6) is 0 Å². The maximum Gasteiger partial charge on any atom is 0.303 e. The number of carboxylic acid groups (broad SMARTS) is 1. The highest BCUT2D eigenvalue weighted by molar-refractivity contribution is 5.82. The molecule has 6 heteroatoms. The van der Waals surface area contributed by atoms with Gasteiger partial charge in [-0.2, -0.15) is 0 Å². The predicted octanol–water partition coefficient (Wildman–Crippen LogP) is 0.568. The highest BCUT2D eigenvalue weighted by Gasteiger charge is 2.39. The van der Waals surface area contributed by atoms with Crippen molar-refractivity contribution in [2.24, 2.45) is 17.8 Å². The summed E-state index contributed by atoms with van der Waals surface area (Å²) in [6.07, 6.45) is 3.69. The molecule has 2 aliphatic heterocycles. The normalized spacial score (nSPS) is 23.8. The summed E-state index contributed by atoms with van der Waals surface area (Å²) in [7, 11) is 0. The third kappa shape index (κ3) is 3.19. The number of hydrogen-bond acceptors (Lipinski definition) is 3. The number of amides is 2. The monoisotopic (exact) mass is 294 g/mol. The number of rotatable bonds is 4. The fourth-order valence-corrected chi connectivity index (χ4v) is 3.32. The number of likely N-dealkylation sites (tertiary alicyclic amines) is 2. The molecule has 0 aromatic heterocycles. The van der Waals surface area contributed by atoms with E-state index in [-0.39, 0.29) is 36.0 Å². The minimum Gasteiger partial charge on any atom is -0.481 e. The van der Waals surface area contributed by atoms with E-state index in [1.54, 1.807) is 4.90 Å². The van der Waals surface area contributed by atoms with Crippen LogP contribution in [-0.4, -0.2) is 58.9 Å². The van der Waals surface area contributed by atoms with E-state index in [0.29, 0.717) is 26.2 Å². The summed E-state index contributed by atoms with van der Waals surface area (Å²) in [5, 5.41) is 8.71. The number of carbonyl (C=O) groups is 3. The van der Waals surface area contributed by atoms with Gasteiger partial charge in [0.1, 0.15) is 0 Å². The van der Waals surface area contributed by atoms with E-state index >= 15 is 0 Å². The minimum atomic E-state index is -0.793. The van der Waals surface area contributed by atoms with Crippen LogP contribution in [-0.2, 0) is 14.4 Å². The van der Waals surface area contributed by atoms with Crippen LogP contribution >= 0.6 is 0 Å². The first kappa shape index (κ1) is 14.4. The van der Waals surface area contributed by atoms with Crippen molar-refractivity contribution >= 4 is 17.8 Å². The Balaban J connectivity index is 1.41. The Bertz CT molecular complexity index is 447. The van der Waals surface area contributed by atoms with E-state index in [0.717, 1.165) is 25.7 Å². The Morgan fingerprint density at radius 1 is 0.857 bits per heavy atom. The van der Waals surface area contributed by atoms with Crippen LogP contribution in [0.2, 0.25) is 0 Å². The molecule has 21 heavy (non-hydrogen) atoms. The maximum atomic E-state index is 12.3. The topological polar surface area (TPSA) is 77.9 Å². The summed E-state index contributed by atoms with van der Waals surface area (Å²) in [5.74, 6) is 0.00644. The fourth-order valence-electron chi connectivity index (χ4n) is 3.32. The summed E-state index contributed by atoms with van der Waals surface area (Å²) in [6.45, 7) is 2.54. The second-order valence-corrected chi connectivity index (χ2v) is 6.58. The van der Waals surface area contributed by atoms with Gasteiger partial charge in [0, 0.05) is 43.9 Å². The van der Waals surface area contributed by atoms with Gasteiger partial charge in [-0.05, 0) is 25.7 Å². The molecule has 0 spiro atoms. The van der Waals surface area contributed by atoms with Crippen LogP contribution in [0.3, 0.4) is 0 Å². The number of carbonyl (C=O) groups excluding carboxylic acids is 2. The summed E-state index contributed by atoms with van der Waals surface area (Å²) in [5.41, 5.74) is 0. The van der Waals surface area contributed by atoms with Gasteiger partial charge in [0.15, 0.2) is 0 Å². The molecular formula is C15H22N2O4. The average molecular weight is 294 g/mol. The van der Waals surface area contributed by atoms with E-state index in [1.165, 1.54) is 0 Å². The lowest BCUT2D eigenvalue weighted by Crippen LogP contribution is -2.54. The number of nitrogens with zero attached hydrogens (tertiary/aromatic N) is 2. The van der Waals surface area contributed by atoms with Crippen molar-refractivity contribution in [1.82, 2.24) is 9.80 Å². The molecule has 0 atom stereocenters. The molecule has 1 aliphatic carbocycles. The van der Waals surface area contributed by atoms with Crippen molar-refractivity contribution in [1.29, 1.82) is 0 Å². The van der Waals surface area contributed by atoms with Crippen LogP contribution in [0.4, 0.5) is 0 Å². The molecule has 0 bridgehead atoms. The quantitative estimate of drug-likeness (QED) is 0.822. The molecule has 0 unspecified atom stereocenters. The summed E-state index contributed by atoms with van der Waals surface area (Å²) in [6, 6.07) is 0. The molecule has 0 aromatic carbocycles. The fraction of sp³-hybridized carbons (Fsp3) is 0.800. The van der Waals surface area contributed by atoms with E-state index in [2.05, 4.69) is 0 Å². The zero-order valence-corrected chi connectivity index (χ0v) is 12.2. The summed E-state index contributed by atoms with van der Waals surface area (Å²) >= 11 is 0. The maximum absolute atomic E-state index is 12.3. The summed E-state index contributed by atoms with van der Waals surface area (Å²) < 4.78 is 0. The molecule has 3 aliphatic rings. The van der Waals surface area contributed by atoms with Gasteiger partial charge in [-0.15, -0.1) is 0 Å². The van der Waals surface area contributed by atoms with E-state index in [1.807, 2.05) is 4.90 Å². The van der Waals surface area contributed by atoms with Gasteiger partial charge < -0.3 is 14.9 Å². The van der Waals surface area contributed by atoms with E-state index in [9.17, 15) is 14.4 Å². The molecule has 116 valence electrons. The van der Waals surface area contributed by atoms with Gasteiger partial charge in [0.05, 0.1) is 6.42 Å². The Kier molecular flexibility index (Phi) is 3.87. The van der Waals surface area contributed by atoms with Gasteiger partial charge in [-0.3, -0.25) is 14.4 Å². The second-order valence-electron chi connectivity index (χ2n) is 6.58. The first-order valence-corrected chi connectivity index (χ1v) is 7.84. The third-order valence-corrected chi connectivity index (χ3v) is 4.81. The molecule has 0 radical (unpaired) electrons. The van der Waals surface area contributed by atoms with E-state index < -0.39 is 5.97 Å². The molecule has 0 aromatic rings. The van der Waals surface area contributed by atoms with Crippen molar-refractivity contribution in [2.75, 3.05) is 26.2 Å². The average Bonchev–Trinajstić information content (AvgIpc) is 3.25. The smallest absolute Gasteiger partial charge is 0.303 e. The van der Waals surface area contributed by atoms with Crippen LogP contribution < -0.4 is 0 Å². The molecule has 2 amide bonds. The third-order valence-electron chi connectivity index (χ3n) is 4.81. The Morgan fingerprint density at radius 3 is 1.90 bits per heavy atom. The summed E-state index contributed by atoms with van der Waals surface area (Å²) in [4.78, 5) is 38.6. The number of aliphatic carboxylic acids is 1. The molecule has 1 saturated carbocycles. The predicted molar refractivity (Wildman–Crippen MR) is 74.4 cm³/mol. The van der Waals surface area contributed by atoms with Gasteiger partial charge in [0.25, 0.3) is 0 Å². The lowest BCUT2D eigenvalue weighted by atomic mass is 9.90. The molecule has 3 rings (SSSR count). The standard InChI is InChI=1S/C15H22N2O4/c18-13(19)7-10-8-17(9-10)15(21)12-3-5-16(6-4-12)14(20)11-1-2-11/h10-12H,1-9H2,(H,18,19). The van der Waals surface area contributed by atoms with Crippen molar-refractivity contribution in [2.45, 2.75) is 32.1 Å². The van der Waals surface area contributed by atoms with Crippen molar-refractivity contribution in [3.8, 4) is 0 Å².